The van der Waals surface area contributed by atoms with Crippen molar-refractivity contribution in [3.8, 4) is 0 Å². The van der Waals surface area contributed by atoms with E-state index in [9.17, 15) is 9.59 Å². The summed E-state index contributed by atoms with van der Waals surface area (Å²) in [5.41, 5.74) is 0.678. The van der Waals surface area contributed by atoms with Crippen LogP contribution < -0.4 is 15.8 Å². The second-order valence-electron chi connectivity index (χ2n) is 5.06. The zero-order chi connectivity index (χ0) is 15.5. The molecule has 1 N–H and O–H groups in total. The summed E-state index contributed by atoms with van der Waals surface area (Å²) in [6.45, 7) is 2.61. The number of carbonyl (C=O) groups excluding carboxylic acids is 1. The number of nitrogens with zero attached hydrogens (tertiary/aromatic N) is 4. The standard InChI is InChI=1S/C14H17N5O2S/c1-17-13(20)9-11(10-15-17)18-4-6-19(7-5-18)14(21)16-12-3-2-8-22-12/h2-3,8-10H,4-7H2,1H3,(H,16,21). The third-order valence-electron chi connectivity index (χ3n) is 3.64. The van der Waals surface area contributed by atoms with Crippen molar-refractivity contribution < 1.29 is 4.79 Å². The van der Waals surface area contributed by atoms with Crippen LogP contribution in [0.4, 0.5) is 15.5 Å². The van der Waals surface area contributed by atoms with Crippen LogP contribution in [0.5, 0.6) is 0 Å². The number of piperazine rings is 1. The largest absolute Gasteiger partial charge is 0.367 e. The molecule has 0 spiro atoms. The number of hydrogen-bond acceptors (Lipinski definition) is 5. The molecule has 7 nitrogen and oxygen atoms in total. The number of nitrogens with one attached hydrogen (secondary N) is 1. The van der Waals surface area contributed by atoms with Crippen LogP contribution in [0.25, 0.3) is 0 Å². The van der Waals surface area contributed by atoms with Crippen molar-refractivity contribution in [1.82, 2.24) is 14.7 Å². The summed E-state index contributed by atoms with van der Waals surface area (Å²) in [4.78, 5) is 27.6. The van der Waals surface area contributed by atoms with E-state index in [0.29, 0.717) is 26.2 Å². The molecule has 3 rings (SSSR count). The molecule has 1 aliphatic rings. The van der Waals surface area contributed by atoms with Gasteiger partial charge in [-0.05, 0) is 17.5 Å². The molecular formula is C14H17N5O2S. The van der Waals surface area contributed by atoms with Gasteiger partial charge in [0.15, 0.2) is 0 Å². The predicted octanol–water partition coefficient (Wildman–Crippen LogP) is 1.20. The number of rotatable bonds is 2. The fourth-order valence-electron chi connectivity index (χ4n) is 2.33. The number of aromatic nitrogens is 2. The predicted molar refractivity (Wildman–Crippen MR) is 86.6 cm³/mol. The summed E-state index contributed by atoms with van der Waals surface area (Å²) in [6, 6.07) is 5.28. The minimum absolute atomic E-state index is 0.0794. The summed E-state index contributed by atoms with van der Waals surface area (Å²) in [7, 11) is 1.62. The first-order chi connectivity index (χ1) is 10.6. The summed E-state index contributed by atoms with van der Waals surface area (Å²) >= 11 is 1.50. The van der Waals surface area contributed by atoms with Crippen molar-refractivity contribution in [2.75, 3.05) is 36.4 Å². The Hall–Kier alpha value is -2.35. The summed E-state index contributed by atoms with van der Waals surface area (Å²) in [5, 5.41) is 9.69. The van der Waals surface area contributed by atoms with Crippen molar-refractivity contribution in [3.05, 3.63) is 40.1 Å². The normalized spacial score (nSPS) is 15.0. The minimum Gasteiger partial charge on any atom is -0.367 e. The van der Waals surface area contributed by atoms with E-state index in [0.717, 1.165) is 10.7 Å². The molecule has 2 amide bonds. The fourth-order valence-corrected chi connectivity index (χ4v) is 2.94. The smallest absolute Gasteiger partial charge is 0.322 e. The third-order valence-corrected chi connectivity index (χ3v) is 4.42. The second kappa shape index (κ2) is 6.18. The van der Waals surface area contributed by atoms with Crippen molar-refractivity contribution in [1.29, 1.82) is 0 Å². The summed E-state index contributed by atoms with van der Waals surface area (Å²) in [6.07, 6.45) is 1.68. The number of aryl methyl sites for hydroxylation is 1. The molecule has 1 fully saturated rings. The number of urea groups is 1. The second-order valence-corrected chi connectivity index (χ2v) is 6.00. The van der Waals surface area contributed by atoms with E-state index in [1.54, 1.807) is 24.2 Å². The van der Waals surface area contributed by atoms with Crippen LogP contribution >= 0.6 is 11.3 Å². The van der Waals surface area contributed by atoms with Gasteiger partial charge in [-0.25, -0.2) is 9.48 Å². The van der Waals surface area contributed by atoms with E-state index in [1.165, 1.54) is 16.0 Å². The van der Waals surface area contributed by atoms with Crippen molar-refractivity contribution in [3.63, 3.8) is 0 Å². The summed E-state index contributed by atoms with van der Waals surface area (Å²) < 4.78 is 1.30. The molecule has 22 heavy (non-hydrogen) atoms. The van der Waals surface area contributed by atoms with E-state index in [1.807, 2.05) is 17.5 Å². The Labute approximate surface area is 131 Å². The van der Waals surface area contributed by atoms with E-state index in [2.05, 4.69) is 15.3 Å². The molecule has 2 aromatic rings. The molecular weight excluding hydrogens is 302 g/mol. The Morgan fingerprint density at radius 2 is 2.09 bits per heavy atom. The molecule has 0 unspecified atom stereocenters. The van der Waals surface area contributed by atoms with Crippen molar-refractivity contribution >= 4 is 28.1 Å². The van der Waals surface area contributed by atoms with Crippen molar-refractivity contribution in [2.24, 2.45) is 7.05 Å². The van der Waals surface area contributed by atoms with E-state index in [-0.39, 0.29) is 11.6 Å². The lowest BCUT2D eigenvalue weighted by Crippen LogP contribution is -2.50. The van der Waals surface area contributed by atoms with Crippen LogP contribution in [-0.2, 0) is 7.05 Å². The summed E-state index contributed by atoms with van der Waals surface area (Å²) in [5.74, 6) is 0. The number of thiophene rings is 1. The molecule has 0 saturated carbocycles. The highest BCUT2D eigenvalue weighted by molar-refractivity contribution is 7.14. The molecule has 3 heterocycles. The van der Waals surface area contributed by atoms with Crippen molar-refractivity contribution in [2.45, 2.75) is 0 Å². The highest BCUT2D eigenvalue weighted by Crippen LogP contribution is 2.17. The monoisotopic (exact) mass is 319 g/mol. The molecule has 0 aliphatic carbocycles. The van der Waals surface area contributed by atoms with Gasteiger partial charge in [0.1, 0.15) is 0 Å². The molecule has 1 saturated heterocycles. The number of amides is 2. The highest BCUT2D eigenvalue weighted by Gasteiger charge is 2.22. The molecule has 0 atom stereocenters. The Kier molecular flexibility index (Phi) is 4.10. The number of carbonyl (C=O) groups is 1. The quantitative estimate of drug-likeness (QED) is 0.903. The Morgan fingerprint density at radius 1 is 1.32 bits per heavy atom. The topological polar surface area (TPSA) is 70.5 Å². The molecule has 0 aromatic carbocycles. The average molecular weight is 319 g/mol. The zero-order valence-corrected chi connectivity index (χ0v) is 13.0. The van der Waals surface area contributed by atoms with Gasteiger partial charge < -0.3 is 9.80 Å². The molecule has 1 aliphatic heterocycles. The van der Waals surface area contributed by atoms with Gasteiger partial charge in [-0.3, -0.25) is 10.1 Å². The first-order valence-electron chi connectivity index (χ1n) is 7.01. The van der Waals surface area contributed by atoms with Gasteiger partial charge in [0.25, 0.3) is 5.56 Å². The van der Waals surface area contributed by atoms with Crippen LogP contribution in [0.3, 0.4) is 0 Å². The highest BCUT2D eigenvalue weighted by atomic mass is 32.1. The molecule has 0 bridgehead atoms. The molecule has 2 aromatic heterocycles. The van der Waals surface area contributed by atoms with Gasteiger partial charge in [-0.1, -0.05) is 0 Å². The Morgan fingerprint density at radius 3 is 2.73 bits per heavy atom. The maximum atomic E-state index is 12.1. The van der Waals surface area contributed by atoms with Gasteiger partial charge in [0, 0.05) is 39.3 Å². The third kappa shape index (κ3) is 3.11. The first kappa shape index (κ1) is 14.6. The lowest BCUT2D eigenvalue weighted by atomic mass is 10.3. The SMILES string of the molecule is Cn1ncc(N2CCN(C(=O)Nc3cccs3)CC2)cc1=O. The zero-order valence-electron chi connectivity index (χ0n) is 12.2. The number of anilines is 2. The van der Waals surface area contributed by atoms with Crippen LogP contribution in [0.1, 0.15) is 0 Å². The first-order valence-corrected chi connectivity index (χ1v) is 7.89. The van der Waals surface area contributed by atoms with E-state index >= 15 is 0 Å². The van der Waals surface area contributed by atoms with E-state index in [4.69, 9.17) is 0 Å². The van der Waals surface area contributed by atoms with Crippen LogP contribution in [0, 0.1) is 0 Å². The van der Waals surface area contributed by atoms with Gasteiger partial charge in [-0.15, -0.1) is 11.3 Å². The van der Waals surface area contributed by atoms with Gasteiger partial charge in [-0.2, -0.15) is 5.10 Å². The van der Waals surface area contributed by atoms with E-state index < -0.39 is 0 Å². The fraction of sp³-hybridized carbons (Fsp3) is 0.357. The lowest BCUT2D eigenvalue weighted by Gasteiger charge is -2.35. The Bertz CT molecular complexity index is 704. The van der Waals surface area contributed by atoms with Crippen LogP contribution in [0.15, 0.2) is 34.6 Å². The number of hydrogen-bond donors (Lipinski definition) is 1. The van der Waals surface area contributed by atoms with Gasteiger partial charge in [0.05, 0.1) is 16.9 Å². The minimum atomic E-state index is -0.129. The molecule has 116 valence electrons. The molecule has 8 heteroatoms. The Balaban J connectivity index is 1.59. The van der Waals surface area contributed by atoms with Crippen LogP contribution in [0.2, 0.25) is 0 Å². The lowest BCUT2D eigenvalue weighted by molar-refractivity contribution is 0.208. The van der Waals surface area contributed by atoms with Gasteiger partial charge >= 0.3 is 6.03 Å². The maximum absolute atomic E-state index is 12.1. The van der Waals surface area contributed by atoms with Crippen LogP contribution in [-0.4, -0.2) is 46.9 Å². The maximum Gasteiger partial charge on any atom is 0.322 e. The van der Waals surface area contributed by atoms with Gasteiger partial charge in [0.2, 0.25) is 0 Å². The average Bonchev–Trinajstić information content (AvgIpc) is 3.03. The molecule has 0 radical (unpaired) electrons.